The fraction of sp³-hybridized carbons (Fsp3) is 0.222. The third-order valence-electron chi connectivity index (χ3n) is 3.72. The summed E-state index contributed by atoms with van der Waals surface area (Å²) >= 11 is 0. The highest BCUT2D eigenvalue weighted by atomic mass is 16.2. The Morgan fingerprint density at radius 3 is 2.83 bits per heavy atom. The zero-order valence-electron chi connectivity index (χ0n) is 13.4. The molecule has 0 unspecified atom stereocenters. The maximum atomic E-state index is 12.3. The number of pyridine rings is 1. The summed E-state index contributed by atoms with van der Waals surface area (Å²) in [6, 6.07) is 11.3. The minimum Gasteiger partial charge on any atom is -0.350 e. The Morgan fingerprint density at radius 1 is 1.17 bits per heavy atom. The van der Waals surface area contributed by atoms with Crippen LogP contribution < -0.4 is 5.32 Å². The number of hydrogen-bond donors (Lipinski definition) is 1. The standard InChI is InChI=1S/C18H18N4O2/c1-13-5-6-16-14(10-13)11-21-22(16)18(24)8-7-17(23)20-12-15-4-2-3-9-19-15/h2-6,9-11H,7-8,12H2,1H3,(H,20,23). The molecular formula is C18H18N4O2. The van der Waals surface area contributed by atoms with Crippen LogP contribution in [0.5, 0.6) is 0 Å². The summed E-state index contributed by atoms with van der Waals surface area (Å²) in [5, 5.41) is 7.81. The zero-order chi connectivity index (χ0) is 16.9. The molecule has 0 saturated heterocycles. The molecule has 6 heteroatoms. The molecule has 0 spiro atoms. The van der Waals surface area contributed by atoms with Gasteiger partial charge in [0.2, 0.25) is 11.8 Å². The molecule has 0 aliphatic rings. The van der Waals surface area contributed by atoms with E-state index >= 15 is 0 Å². The van der Waals surface area contributed by atoms with Gasteiger partial charge in [0.05, 0.1) is 24.0 Å². The number of benzene rings is 1. The first kappa shape index (κ1) is 15.9. The lowest BCUT2D eigenvalue weighted by atomic mass is 10.2. The molecule has 0 radical (unpaired) electrons. The van der Waals surface area contributed by atoms with E-state index in [-0.39, 0.29) is 24.7 Å². The molecule has 1 aromatic carbocycles. The quantitative estimate of drug-likeness (QED) is 0.783. The summed E-state index contributed by atoms with van der Waals surface area (Å²) in [7, 11) is 0. The van der Waals surface area contributed by atoms with E-state index in [9.17, 15) is 9.59 Å². The molecule has 1 N–H and O–H groups in total. The van der Waals surface area contributed by atoms with Crippen LogP contribution in [-0.4, -0.2) is 26.6 Å². The number of nitrogens with one attached hydrogen (secondary N) is 1. The molecule has 0 bridgehead atoms. The van der Waals surface area contributed by atoms with Crippen molar-refractivity contribution in [3.8, 4) is 0 Å². The van der Waals surface area contributed by atoms with Crippen molar-refractivity contribution < 1.29 is 9.59 Å². The van der Waals surface area contributed by atoms with E-state index in [0.717, 1.165) is 22.2 Å². The Balaban J connectivity index is 1.55. The Labute approximate surface area is 139 Å². The van der Waals surface area contributed by atoms with E-state index in [1.807, 2.05) is 43.3 Å². The van der Waals surface area contributed by atoms with Gasteiger partial charge in [-0.2, -0.15) is 5.10 Å². The van der Waals surface area contributed by atoms with Crippen LogP contribution in [0, 0.1) is 6.92 Å². The van der Waals surface area contributed by atoms with Crippen molar-refractivity contribution in [1.82, 2.24) is 20.1 Å². The maximum absolute atomic E-state index is 12.3. The van der Waals surface area contributed by atoms with Crippen LogP contribution in [-0.2, 0) is 11.3 Å². The van der Waals surface area contributed by atoms with Crippen LogP contribution in [0.25, 0.3) is 10.9 Å². The summed E-state index contributed by atoms with van der Waals surface area (Å²) in [6.07, 6.45) is 3.58. The molecule has 6 nitrogen and oxygen atoms in total. The minimum absolute atomic E-state index is 0.110. The summed E-state index contributed by atoms with van der Waals surface area (Å²) in [5.41, 5.74) is 2.66. The van der Waals surface area contributed by atoms with Gasteiger partial charge in [-0.1, -0.05) is 17.7 Å². The van der Waals surface area contributed by atoms with E-state index in [4.69, 9.17) is 0 Å². The fourth-order valence-corrected chi connectivity index (χ4v) is 2.46. The molecule has 3 aromatic rings. The number of aromatic nitrogens is 3. The average molecular weight is 322 g/mol. The van der Waals surface area contributed by atoms with Crippen molar-refractivity contribution in [2.45, 2.75) is 26.3 Å². The van der Waals surface area contributed by atoms with Crippen LogP contribution in [0.1, 0.15) is 28.9 Å². The van der Waals surface area contributed by atoms with Crippen LogP contribution in [0.15, 0.2) is 48.8 Å². The van der Waals surface area contributed by atoms with Crippen LogP contribution >= 0.6 is 0 Å². The molecule has 1 amide bonds. The van der Waals surface area contributed by atoms with Crippen molar-refractivity contribution in [3.05, 3.63) is 60.0 Å². The van der Waals surface area contributed by atoms with E-state index in [2.05, 4.69) is 15.4 Å². The van der Waals surface area contributed by atoms with Crippen LogP contribution in [0.2, 0.25) is 0 Å². The number of aryl methyl sites for hydroxylation is 1. The molecule has 0 fully saturated rings. The number of carbonyl (C=O) groups is 2. The number of nitrogens with zero attached hydrogens (tertiary/aromatic N) is 3. The van der Waals surface area contributed by atoms with Gasteiger partial charge in [-0.3, -0.25) is 14.6 Å². The van der Waals surface area contributed by atoms with Crippen molar-refractivity contribution in [2.24, 2.45) is 0 Å². The number of rotatable bonds is 5. The second kappa shape index (κ2) is 7.04. The largest absolute Gasteiger partial charge is 0.350 e. The molecule has 24 heavy (non-hydrogen) atoms. The average Bonchev–Trinajstić information content (AvgIpc) is 3.01. The first-order valence-electron chi connectivity index (χ1n) is 7.78. The topological polar surface area (TPSA) is 76.9 Å². The molecule has 3 rings (SSSR count). The molecule has 0 atom stereocenters. The highest BCUT2D eigenvalue weighted by molar-refractivity contribution is 5.92. The second-order valence-corrected chi connectivity index (χ2v) is 5.61. The van der Waals surface area contributed by atoms with Crippen molar-refractivity contribution in [3.63, 3.8) is 0 Å². The first-order chi connectivity index (χ1) is 11.6. The predicted octanol–water partition coefficient (Wildman–Crippen LogP) is 2.48. The molecule has 122 valence electrons. The molecule has 2 heterocycles. The predicted molar refractivity (Wildman–Crippen MR) is 90.4 cm³/mol. The summed E-state index contributed by atoms with van der Waals surface area (Å²) in [4.78, 5) is 28.3. The Kier molecular flexibility index (Phi) is 4.65. The second-order valence-electron chi connectivity index (χ2n) is 5.61. The number of carbonyl (C=O) groups excluding carboxylic acids is 2. The number of hydrogen-bond acceptors (Lipinski definition) is 4. The molecule has 0 saturated carbocycles. The van der Waals surface area contributed by atoms with Crippen molar-refractivity contribution in [2.75, 3.05) is 0 Å². The van der Waals surface area contributed by atoms with Gasteiger partial charge in [-0.15, -0.1) is 0 Å². The van der Waals surface area contributed by atoms with Gasteiger partial charge in [0.25, 0.3) is 0 Å². The summed E-state index contributed by atoms with van der Waals surface area (Å²) in [5.74, 6) is -0.372. The Hall–Kier alpha value is -3.02. The van der Waals surface area contributed by atoms with Crippen molar-refractivity contribution in [1.29, 1.82) is 0 Å². The lowest BCUT2D eigenvalue weighted by molar-refractivity contribution is -0.121. The van der Waals surface area contributed by atoms with Crippen LogP contribution in [0.4, 0.5) is 0 Å². The van der Waals surface area contributed by atoms with Gasteiger partial charge in [0, 0.05) is 24.4 Å². The van der Waals surface area contributed by atoms with Crippen LogP contribution in [0.3, 0.4) is 0 Å². The monoisotopic (exact) mass is 322 g/mol. The van der Waals surface area contributed by atoms with Gasteiger partial charge in [0.1, 0.15) is 0 Å². The molecular weight excluding hydrogens is 304 g/mol. The SMILES string of the molecule is Cc1ccc2c(cnn2C(=O)CCC(=O)NCc2ccccn2)c1. The molecule has 0 aliphatic heterocycles. The minimum atomic E-state index is -0.193. The highest BCUT2D eigenvalue weighted by Crippen LogP contribution is 2.16. The first-order valence-corrected chi connectivity index (χ1v) is 7.78. The lowest BCUT2D eigenvalue weighted by Crippen LogP contribution is -2.24. The lowest BCUT2D eigenvalue weighted by Gasteiger charge is -2.05. The van der Waals surface area contributed by atoms with Gasteiger partial charge >= 0.3 is 0 Å². The van der Waals surface area contributed by atoms with E-state index in [1.165, 1.54) is 4.68 Å². The van der Waals surface area contributed by atoms with Crippen molar-refractivity contribution >= 4 is 22.7 Å². The number of amides is 1. The third-order valence-corrected chi connectivity index (χ3v) is 3.72. The third kappa shape index (κ3) is 3.65. The van der Waals surface area contributed by atoms with E-state index in [1.54, 1.807) is 12.4 Å². The van der Waals surface area contributed by atoms with Gasteiger partial charge in [-0.25, -0.2) is 4.68 Å². The van der Waals surface area contributed by atoms with Gasteiger partial charge < -0.3 is 5.32 Å². The van der Waals surface area contributed by atoms with Gasteiger partial charge in [0.15, 0.2) is 0 Å². The Morgan fingerprint density at radius 2 is 2.04 bits per heavy atom. The molecule has 2 aromatic heterocycles. The smallest absolute Gasteiger partial charge is 0.247 e. The summed E-state index contributed by atoms with van der Waals surface area (Å²) in [6.45, 7) is 2.35. The Bertz CT molecular complexity index is 871. The van der Waals surface area contributed by atoms with E-state index < -0.39 is 0 Å². The zero-order valence-corrected chi connectivity index (χ0v) is 13.4. The number of fused-ring (bicyclic) bond motifs is 1. The highest BCUT2D eigenvalue weighted by Gasteiger charge is 2.12. The maximum Gasteiger partial charge on any atom is 0.247 e. The fourth-order valence-electron chi connectivity index (χ4n) is 2.46. The normalized spacial score (nSPS) is 10.7. The molecule has 0 aliphatic carbocycles. The van der Waals surface area contributed by atoms with Gasteiger partial charge in [-0.05, 0) is 31.2 Å². The summed E-state index contributed by atoms with van der Waals surface area (Å²) < 4.78 is 1.36. The van der Waals surface area contributed by atoms with E-state index in [0.29, 0.717) is 6.54 Å².